The highest BCUT2D eigenvalue weighted by molar-refractivity contribution is 7.92. The van der Waals surface area contributed by atoms with Gasteiger partial charge in [-0.05, 0) is 49.1 Å². The average molecular weight is 333 g/mol. The number of nitrogens with zero attached hydrogens (tertiary/aromatic N) is 1. The second kappa shape index (κ2) is 7.00. The van der Waals surface area contributed by atoms with E-state index >= 15 is 0 Å². The Morgan fingerprint density at radius 3 is 2.48 bits per heavy atom. The maximum absolute atomic E-state index is 12.5. The van der Waals surface area contributed by atoms with Crippen LogP contribution in [0.1, 0.15) is 25.0 Å². The lowest BCUT2D eigenvalue weighted by Crippen LogP contribution is -2.15. The van der Waals surface area contributed by atoms with Crippen molar-refractivity contribution in [3.8, 4) is 0 Å². The van der Waals surface area contributed by atoms with Crippen LogP contribution in [0.3, 0.4) is 0 Å². The monoisotopic (exact) mass is 333 g/mol. The number of hydrogen-bond donors (Lipinski definition) is 2. The molecule has 2 aromatic rings. The first-order valence-electron chi connectivity index (χ1n) is 7.58. The van der Waals surface area contributed by atoms with Crippen LogP contribution < -0.4 is 10.0 Å². The molecule has 0 amide bonds. The Kier molecular flexibility index (Phi) is 5.26. The molecule has 0 aliphatic carbocycles. The number of benzene rings is 1. The summed E-state index contributed by atoms with van der Waals surface area (Å²) < 4.78 is 27.6. The summed E-state index contributed by atoms with van der Waals surface area (Å²) >= 11 is 0. The largest absolute Gasteiger partial charge is 0.370 e. The smallest absolute Gasteiger partial charge is 0.262 e. The molecule has 0 aliphatic heterocycles. The van der Waals surface area contributed by atoms with Crippen LogP contribution >= 0.6 is 0 Å². The minimum absolute atomic E-state index is 0.291. The zero-order chi connectivity index (χ0) is 17.0. The molecule has 124 valence electrons. The van der Waals surface area contributed by atoms with Gasteiger partial charge in [0, 0.05) is 6.54 Å². The fourth-order valence-electron chi connectivity index (χ4n) is 2.07. The lowest BCUT2D eigenvalue weighted by atomic mass is 10.2. The first-order chi connectivity index (χ1) is 10.8. The Labute approximate surface area is 138 Å². The number of aryl methyl sites for hydroxylation is 2. The molecule has 0 bridgehead atoms. The van der Waals surface area contributed by atoms with E-state index in [1.165, 1.54) is 6.20 Å². The molecule has 6 heteroatoms. The topological polar surface area (TPSA) is 71.1 Å². The summed E-state index contributed by atoms with van der Waals surface area (Å²) in [5.74, 6) is 1.24. The zero-order valence-electron chi connectivity index (χ0n) is 13.9. The molecule has 5 nitrogen and oxygen atoms in total. The van der Waals surface area contributed by atoms with Gasteiger partial charge >= 0.3 is 0 Å². The standard InChI is InChI=1S/C17H23N3O2S/c1-12(2)10-18-17-8-7-15(11-19-17)20-23(21,22)16-9-13(3)5-6-14(16)4/h5-9,11-12,20H,10H2,1-4H3,(H,18,19). The van der Waals surface area contributed by atoms with E-state index in [0.29, 0.717) is 22.1 Å². The molecule has 2 N–H and O–H groups in total. The van der Waals surface area contributed by atoms with Crippen molar-refractivity contribution in [2.45, 2.75) is 32.6 Å². The lowest BCUT2D eigenvalue weighted by molar-refractivity contribution is 0.600. The number of sulfonamides is 1. The predicted octanol–water partition coefficient (Wildman–Crippen LogP) is 3.57. The summed E-state index contributed by atoms with van der Waals surface area (Å²) in [6.45, 7) is 8.69. The summed E-state index contributed by atoms with van der Waals surface area (Å²) in [5.41, 5.74) is 2.06. The van der Waals surface area contributed by atoms with Crippen LogP contribution in [0.5, 0.6) is 0 Å². The van der Waals surface area contributed by atoms with Crippen LogP contribution in [-0.4, -0.2) is 19.9 Å². The van der Waals surface area contributed by atoms with Gasteiger partial charge in [-0.25, -0.2) is 13.4 Å². The Morgan fingerprint density at radius 1 is 1.13 bits per heavy atom. The average Bonchev–Trinajstić information content (AvgIpc) is 2.48. The number of nitrogens with one attached hydrogen (secondary N) is 2. The van der Waals surface area contributed by atoms with E-state index in [4.69, 9.17) is 0 Å². The molecule has 0 spiro atoms. The van der Waals surface area contributed by atoms with Crippen molar-refractivity contribution in [1.29, 1.82) is 0 Å². The molecule has 0 radical (unpaired) electrons. The van der Waals surface area contributed by atoms with E-state index in [1.54, 1.807) is 31.2 Å². The van der Waals surface area contributed by atoms with Gasteiger partial charge in [0.05, 0.1) is 16.8 Å². The van der Waals surface area contributed by atoms with Crippen molar-refractivity contribution in [2.24, 2.45) is 5.92 Å². The maximum atomic E-state index is 12.5. The van der Waals surface area contributed by atoms with Crippen molar-refractivity contribution < 1.29 is 8.42 Å². The maximum Gasteiger partial charge on any atom is 0.262 e. The van der Waals surface area contributed by atoms with Crippen molar-refractivity contribution in [1.82, 2.24) is 4.98 Å². The van der Waals surface area contributed by atoms with Crippen molar-refractivity contribution in [3.05, 3.63) is 47.7 Å². The van der Waals surface area contributed by atoms with Crippen LogP contribution in [0.25, 0.3) is 0 Å². The van der Waals surface area contributed by atoms with Gasteiger partial charge in [0.25, 0.3) is 10.0 Å². The van der Waals surface area contributed by atoms with E-state index < -0.39 is 10.0 Å². The summed E-state index contributed by atoms with van der Waals surface area (Å²) in [7, 11) is -3.62. The normalized spacial score (nSPS) is 11.5. The Balaban J connectivity index is 2.16. The van der Waals surface area contributed by atoms with Gasteiger partial charge in [0.1, 0.15) is 5.82 Å². The van der Waals surface area contributed by atoms with E-state index in [0.717, 1.165) is 17.9 Å². The van der Waals surface area contributed by atoms with Gasteiger partial charge < -0.3 is 5.32 Å². The molecule has 0 unspecified atom stereocenters. The second-order valence-corrected chi connectivity index (χ2v) is 7.73. The first kappa shape index (κ1) is 17.3. The van der Waals surface area contributed by atoms with E-state index in [-0.39, 0.29) is 0 Å². The molecule has 2 rings (SSSR count). The first-order valence-corrected chi connectivity index (χ1v) is 9.06. The third-order valence-corrected chi connectivity index (χ3v) is 4.86. The van der Waals surface area contributed by atoms with Gasteiger partial charge in [0.2, 0.25) is 0 Å². The number of aromatic nitrogens is 1. The van der Waals surface area contributed by atoms with Crippen LogP contribution in [0.2, 0.25) is 0 Å². The Morgan fingerprint density at radius 2 is 1.87 bits per heavy atom. The number of pyridine rings is 1. The van der Waals surface area contributed by atoms with Gasteiger partial charge in [0.15, 0.2) is 0 Å². The molecule has 0 saturated carbocycles. The zero-order valence-corrected chi connectivity index (χ0v) is 14.7. The Bertz CT molecular complexity index is 769. The summed E-state index contributed by atoms with van der Waals surface area (Å²) in [6.07, 6.45) is 1.52. The highest BCUT2D eigenvalue weighted by Gasteiger charge is 2.17. The van der Waals surface area contributed by atoms with Crippen LogP contribution in [0.4, 0.5) is 11.5 Å². The van der Waals surface area contributed by atoms with Gasteiger partial charge in [-0.3, -0.25) is 4.72 Å². The van der Waals surface area contributed by atoms with Gasteiger partial charge in [-0.1, -0.05) is 26.0 Å². The minimum Gasteiger partial charge on any atom is -0.370 e. The molecular weight excluding hydrogens is 310 g/mol. The number of rotatable bonds is 6. The van der Waals surface area contributed by atoms with Crippen molar-refractivity contribution >= 4 is 21.5 Å². The highest BCUT2D eigenvalue weighted by atomic mass is 32.2. The molecule has 0 atom stereocenters. The van der Waals surface area contributed by atoms with Crippen LogP contribution in [-0.2, 0) is 10.0 Å². The third-order valence-electron chi connectivity index (χ3n) is 3.34. The van der Waals surface area contributed by atoms with E-state index in [9.17, 15) is 8.42 Å². The SMILES string of the molecule is Cc1ccc(C)c(S(=O)(=O)Nc2ccc(NCC(C)C)nc2)c1. The molecular formula is C17H23N3O2S. The van der Waals surface area contributed by atoms with Crippen molar-refractivity contribution in [3.63, 3.8) is 0 Å². The summed E-state index contributed by atoms with van der Waals surface area (Å²) in [6, 6.07) is 8.84. The molecule has 23 heavy (non-hydrogen) atoms. The highest BCUT2D eigenvalue weighted by Crippen LogP contribution is 2.20. The van der Waals surface area contributed by atoms with Gasteiger partial charge in [-0.15, -0.1) is 0 Å². The van der Waals surface area contributed by atoms with E-state index in [2.05, 4.69) is 28.9 Å². The fourth-order valence-corrected chi connectivity index (χ4v) is 3.45. The van der Waals surface area contributed by atoms with E-state index in [1.807, 2.05) is 13.0 Å². The predicted molar refractivity (Wildman–Crippen MR) is 94.3 cm³/mol. The lowest BCUT2D eigenvalue weighted by Gasteiger charge is -2.12. The molecule has 1 aromatic heterocycles. The summed E-state index contributed by atoms with van der Waals surface area (Å²) in [4.78, 5) is 4.52. The molecule has 1 aromatic carbocycles. The van der Waals surface area contributed by atoms with Crippen LogP contribution in [0.15, 0.2) is 41.4 Å². The van der Waals surface area contributed by atoms with Gasteiger partial charge in [-0.2, -0.15) is 0 Å². The fraction of sp³-hybridized carbons (Fsp3) is 0.353. The Hall–Kier alpha value is -2.08. The minimum atomic E-state index is -3.62. The van der Waals surface area contributed by atoms with Crippen LogP contribution in [0, 0.1) is 19.8 Å². The molecule has 0 fully saturated rings. The van der Waals surface area contributed by atoms with Crippen molar-refractivity contribution in [2.75, 3.05) is 16.6 Å². The number of hydrogen-bond acceptors (Lipinski definition) is 4. The molecule has 1 heterocycles. The summed E-state index contributed by atoms with van der Waals surface area (Å²) in [5, 5.41) is 3.19. The second-order valence-electron chi connectivity index (χ2n) is 6.08. The quantitative estimate of drug-likeness (QED) is 0.848. The molecule has 0 aliphatic rings. The third kappa shape index (κ3) is 4.69. The molecule has 0 saturated heterocycles. The number of anilines is 2.